The third-order valence-corrected chi connectivity index (χ3v) is 3.66. The van der Waals surface area contributed by atoms with Crippen LogP contribution in [-0.4, -0.2) is 10.1 Å². The minimum absolute atomic E-state index is 0.301. The second-order valence-electron chi connectivity index (χ2n) is 4.99. The molecular formula is C16H13N3O2. The lowest BCUT2D eigenvalue weighted by molar-refractivity contribution is 0.134. The van der Waals surface area contributed by atoms with E-state index >= 15 is 0 Å². The monoisotopic (exact) mass is 279 g/mol. The van der Waals surface area contributed by atoms with Gasteiger partial charge < -0.3 is 15.0 Å². The predicted octanol–water partition coefficient (Wildman–Crippen LogP) is 3.02. The Balaban J connectivity index is 1.87. The van der Waals surface area contributed by atoms with E-state index in [-0.39, 0.29) is 0 Å². The fourth-order valence-electron chi connectivity index (χ4n) is 2.61. The second kappa shape index (κ2) is 4.71. The highest BCUT2D eigenvalue weighted by molar-refractivity contribution is 5.86. The Hall–Kier alpha value is -2.66. The predicted molar refractivity (Wildman–Crippen MR) is 78.1 cm³/mol. The Labute approximate surface area is 121 Å². The minimum atomic E-state index is 0.301. The van der Waals surface area contributed by atoms with E-state index in [1.54, 1.807) is 12.4 Å². The van der Waals surface area contributed by atoms with Crippen LogP contribution < -0.4 is 5.73 Å². The number of nitrogens with two attached hydrogens (primary N) is 1. The van der Waals surface area contributed by atoms with Gasteiger partial charge in [-0.25, -0.2) is 0 Å². The van der Waals surface area contributed by atoms with Gasteiger partial charge in [0.25, 0.3) is 0 Å². The summed E-state index contributed by atoms with van der Waals surface area (Å²) in [5.74, 6) is 0.301. The largest absolute Gasteiger partial charge is 0.372 e. The maximum absolute atomic E-state index is 5.94. The molecule has 1 aliphatic rings. The lowest BCUT2D eigenvalue weighted by Gasteiger charge is -2.04. The summed E-state index contributed by atoms with van der Waals surface area (Å²) >= 11 is 0. The molecule has 0 spiro atoms. The van der Waals surface area contributed by atoms with Crippen molar-refractivity contribution in [2.75, 3.05) is 5.73 Å². The van der Waals surface area contributed by atoms with Crippen molar-refractivity contribution in [2.24, 2.45) is 0 Å². The molecule has 104 valence electrons. The first-order valence-electron chi connectivity index (χ1n) is 6.68. The summed E-state index contributed by atoms with van der Waals surface area (Å²) in [5.41, 5.74) is 11.7. The minimum Gasteiger partial charge on any atom is -0.372 e. The first-order chi connectivity index (χ1) is 10.3. The van der Waals surface area contributed by atoms with Crippen molar-refractivity contribution in [1.82, 2.24) is 10.1 Å². The molecule has 2 N–H and O–H groups in total. The molecule has 0 aliphatic carbocycles. The molecule has 5 nitrogen and oxygen atoms in total. The topological polar surface area (TPSA) is 74.2 Å². The maximum Gasteiger partial charge on any atom is 0.230 e. The number of anilines is 1. The zero-order valence-corrected chi connectivity index (χ0v) is 11.2. The van der Waals surface area contributed by atoms with Crippen molar-refractivity contribution >= 4 is 5.88 Å². The normalized spacial score (nSPS) is 13.3. The highest BCUT2D eigenvalue weighted by atomic mass is 16.5. The van der Waals surface area contributed by atoms with Gasteiger partial charge in [-0.15, -0.1) is 0 Å². The molecule has 5 heteroatoms. The quantitative estimate of drug-likeness (QED) is 0.780. The standard InChI is InChI=1S/C16H13N3O2/c17-16-14(11-2-1-5-18-7-11)15(19-21-16)10-3-4-12-8-20-9-13(12)6-10/h1-7H,8-9,17H2. The van der Waals surface area contributed by atoms with Crippen LogP contribution in [0.3, 0.4) is 0 Å². The van der Waals surface area contributed by atoms with Gasteiger partial charge in [-0.05, 0) is 23.3 Å². The van der Waals surface area contributed by atoms with Gasteiger partial charge in [-0.2, -0.15) is 0 Å². The number of fused-ring (bicyclic) bond motifs is 1. The Bertz CT molecular complexity index is 797. The summed E-state index contributed by atoms with van der Waals surface area (Å²) in [5, 5.41) is 4.12. The van der Waals surface area contributed by atoms with Gasteiger partial charge in [0.1, 0.15) is 5.69 Å². The highest BCUT2D eigenvalue weighted by Gasteiger charge is 2.19. The van der Waals surface area contributed by atoms with E-state index in [4.69, 9.17) is 15.0 Å². The van der Waals surface area contributed by atoms with E-state index in [2.05, 4.69) is 22.3 Å². The van der Waals surface area contributed by atoms with E-state index in [1.807, 2.05) is 18.2 Å². The molecule has 0 unspecified atom stereocenters. The number of nitrogen functional groups attached to an aromatic ring is 1. The van der Waals surface area contributed by atoms with Gasteiger partial charge >= 0.3 is 0 Å². The number of ether oxygens (including phenoxy) is 1. The summed E-state index contributed by atoms with van der Waals surface area (Å²) in [6.07, 6.45) is 3.47. The Morgan fingerprint density at radius 1 is 1.05 bits per heavy atom. The zero-order chi connectivity index (χ0) is 14.2. The number of pyridine rings is 1. The van der Waals surface area contributed by atoms with Crippen LogP contribution in [0.4, 0.5) is 5.88 Å². The van der Waals surface area contributed by atoms with Crippen LogP contribution in [0.15, 0.2) is 47.2 Å². The molecule has 4 rings (SSSR count). The van der Waals surface area contributed by atoms with Crippen LogP contribution >= 0.6 is 0 Å². The smallest absolute Gasteiger partial charge is 0.230 e. The van der Waals surface area contributed by atoms with Gasteiger partial charge in [0.15, 0.2) is 0 Å². The molecule has 0 saturated heterocycles. The zero-order valence-electron chi connectivity index (χ0n) is 11.2. The summed E-state index contributed by atoms with van der Waals surface area (Å²) in [4.78, 5) is 4.13. The third kappa shape index (κ3) is 1.98. The molecule has 1 aromatic carbocycles. The fraction of sp³-hybridized carbons (Fsp3) is 0.125. The molecule has 0 fully saturated rings. The van der Waals surface area contributed by atoms with Gasteiger partial charge in [-0.1, -0.05) is 23.4 Å². The molecule has 0 radical (unpaired) electrons. The van der Waals surface area contributed by atoms with Gasteiger partial charge in [0, 0.05) is 23.5 Å². The first kappa shape index (κ1) is 12.1. The number of aromatic nitrogens is 2. The van der Waals surface area contributed by atoms with Crippen LogP contribution in [-0.2, 0) is 18.0 Å². The average molecular weight is 279 g/mol. The number of hydrogen-bond acceptors (Lipinski definition) is 5. The third-order valence-electron chi connectivity index (χ3n) is 3.66. The summed E-state index contributed by atoms with van der Waals surface area (Å²) in [7, 11) is 0. The number of hydrogen-bond donors (Lipinski definition) is 1. The Morgan fingerprint density at radius 2 is 1.95 bits per heavy atom. The van der Waals surface area contributed by atoms with Crippen molar-refractivity contribution in [3.63, 3.8) is 0 Å². The Kier molecular flexibility index (Phi) is 2.72. The fourth-order valence-corrected chi connectivity index (χ4v) is 2.61. The molecule has 21 heavy (non-hydrogen) atoms. The molecule has 0 amide bonds. The summed E-state index contributed by atoms with van der Waals surface area (Å²) < 4.78 is 10.6. The second-order valence-corrected chi connectivity index (χ2v) is 4.99. The van der Waals surface area contributed by atoms with Gasteiger partial charge in [0.2, 0.25) is 5.88 Å². The summed E-state index contributed by atoms with van der Waals surface area (Å²) in [6.45, 7) is 1.31. The van der Waals surface area contributed by atoms with E-state index < -0.39 is 0 Å². The van der Waals surface area contributed by atoms with Crippen LogP contribution in [0.1, 0.15) is 11.1 Å². The van der Waals surface area contributed by atoms with E-state index in [1.165, 1.54) is 11.1 Å². The molecule has 0 saturated carbocycles. The van der Waals surface area contributed by atoms with Gasteiger partial charge in [-0.3, -0.25) is 4.98 Å². The highest BCUT2D eigenvalue weighted by Crippen LogP contribution is 2.37. The first-order valence-corrected chi connectivity index (χ1v) is 6.68. The van der Waals surface area contributed by atoms with Gasteiger partial charge in [0.05, 0.1) is 18.8 Å². The number of nitrogens with zero attached hydrogens (tertiary/aromatic N) is 2. The van der Waals surface area contributed by atoms with E-state index in [9.17, 15) is 0 Å². The molecule has 1 aliphatic heterocycles. The molecule has 3 heterocycles. The number of benzene rings is 1. The average Bonchev–Trinajstić information content (AvgIpc) is 3.13. The van der Waals surface area contributed by atoms with E-state index in [0.29, 0.717) is 19.1 Å². The van der Waals surface area contributed by atoms with E-state index in [0.717, 1.165) is 22.4 Å². The molecule has 3 aromatic rings. The molecule has 0 atom stereocenters. The SMILES string of the molecule is Nc1onc(-c2ccc3c(c2)COC3)c1-c1cccnc1. The Morgan fingerprint density at radius 3 is 2.81 bits per heavy atom. The van der Waals surface area contributed by atoms with Crippen molar-refractivity contribution < 1.29 is 9.26 Å². The lowest BCUT2D eigenvalue weighted by atomic mass is 9.99. The van der Waals surface area contributed by atoms with Crippen molar-refractivity contribution in [3.05, 3.63) is 53.9 Å². The molecular weight excluding hydrogens is 266 g/mol. The molecule has 0 bridgehead atoms. The van der Waals surface area contributed by atoms with Crippen molar-refractivity contribution in [2.45, 2.75) is 13.2 Å². The van der Waals surface area contributed by atoms with Crippen LogP contribution in [0.25, 0.3) is 22.4 Å². The van der Waals surface area contributed by atoms with Crippen molar-refractivity contribution in [1.29, 1.82) is 0 Å². The van der Waals surface area contributed by atoms with Crippen LogP contribution in [0.2, 0.25) is 0 Å². The lowest BCUT2D eigenvalue weighted by Crippen LogP contribution is -1.90. The summed E-state index contributed by atoms with van der Waals surface area (Å²) in [6, 6.07) is 9.97. The van der Waals surface area contributed by atoms with Crippen molar-refractivity contribution in [3.8, 4) is 22.4 Å². The molecule has 2 aromatic heterocycles. The van der Waals surface area contributed by atoms with Crippen LogP contribution in [0, 0.1) is 0 Å². The van der Waals surface area contributed by atoms with Crippen LogP contribution in [0.5, 0.6) is 0 Å². The maximum atomic E-state index is 5.94. The number of rotatable bonds is 2.